The van der Waals surface area contributed by atoms with E-state index < -0.39 is 83.7 Å². The zero-order chi connectivity index (χ0) is 27.4. The number of aromatic hydroxyl groups is 5. The van der Waals surface area contributed by atoms with Crippen molar-refractivity contribution < 1.29 is 69.4 Å². The van der Waals surface area contributed by atoms with E-state index in [1.807, 2.05) is 0 Å². The summed E-state index contributed by atoms with van der Waals surface area (Å²) in [5, 5.41) is 78.9. The molecule has 8 N–H and O–H groups in total. The number of carbonyl (C=O) groups is 2. The van der Waals surface area contributed by atoms with Crippen LogP contribution >= 0.6 is 0 Å². The molecule has 0 bridgehead atoms. The van der Waals surface area contributed by atoms with E-state index in [0.29, 0.717) is 0 Å². The number of phenolic OH excluding ortho intramolecular Hbond substituents is 5. The van der Waals surface area contributed by atoms with Crippen molar-refractivity contribution in [2.24, 2.45) is 0 Å². The molecule has 0 amide bonds. The van der Waals surface area contributed by atoms with Gasteiger partial charge in [-0.15, -0.1) is 0 Å². The summed E-state index contributed by atoms with van der Waals surface area (Å²) in [5.41, 5.74) is -0.0748. The van der Waals surface area contributed by atoms with Crippen LogP contribution in [0.15, 0.2) is 30.3 Å². The number of ether oxygens (including phenoxy) is 4. The zero-order valence-corrected chi connectivity index (χ0v) is 19.1. The van der Waals surface area contributed by atoms with Gasteiger partial charge in [0.25, 0.3) is 0 Å². The first-order chi connectivity index (χ1) is 17.4. The van der Waals surface area contributed by atoms with Crippen LogP contribution in [0.5, 0.6) is 34.5 Å². The van der Waals surface area contributed by atoms with Crippen LogP contribution in [0.1, 0.15) is 15.9 Å². The van der Waals surface area contributed by atoms with Gasteiger partial charge in [-0.05, 0) is 35.9 Å². The molecule has 2 aromatic rings. The highest BCUT2D eigenvalue weighted by Gasteiger charge is 2.45. The van der Waals surface area contributed by atoms with Gasteiger partial charge in [0.05, 0.1) is 12.7 Å². The molecular formula is C23H24O14. The summed E-state index contributed by atoms with van der Waals surface area (Å²) < 4.78 is 20.2. The molecule has 14 heteroatoms. The first-order valence-corrected chi connectivity index (χ1v) is 10.5. The van der Waals surface area contributed by atoms with E-state index in [4.69, 9.17) is 14.2 Å². The molecule has 2 aromatic carbocycles. The Morgan fingerprint density at radius 2 is 1.51 bits per heavy atom. The molecule has 14 nitrogen and oxygen atoms in total. The lowest BCUT2D eigenvalue weighted by Crippen LogP contribution is -2.60. The first-order valence-electron chi connectivity index (χ1n) is 10.5. The molecule has 1 heterocycles. The normalized spacial score (nSPS) is 23.5. The number of aliphatic hydroxyl groups excluding tert-OH is 3. The molecular weight excluding hydrogens is 500 g/mol. The third-order valence-electron chi connectivity index (χ3n) is 5.28. The number of hydrogen-bond donors (Lipinski definition) is 8. The Balaban J connectivity index is 1.69. The van der Waals surface area contributed by atoms with Crippen molar-refractivity contribution in [2.75, 3.05) is 13.7 Å². The minimum Gasteiger partial charge on any atom is -0.504 e. The Bertz CT molecular complexity index is 1170. The summed E-state index contributed by atoms with van der Waals surface area (Å²) in [5.74, 6) is -5.91. The van der Waals surface area contributed by atoms with Gasteiger partial charge in [0.15, 0.2) is 28.7 Å². The number of benzene rings is 2. The SMILES string of the molecule is COC(=O)c1cc(O)c(O)c(O[C@@H]2O[C@H](COC(=O)/C=C/c3cc(O)c(O)c(O)c3)[C@@H](O)[C@H](O)[C@H]2O)c1. The molecule has 1 aliphatic rings. The smallest absolute Gasteiger partial charge is 0.338 e. The van der Waals surface area contributed by atoms with Crippen LogP contribution < -0.4 is 4.74 Å². The van der Waals surface area contributed by atoms with Gasteiger partial charge in [-0.1, -0.05) is 0 Å². The molecule has 0 aliphatic carbocycles. The minimum absolute atomic E-state index is 0.142. The minimum atomic E-state index is -1.86. The van der Waals surface area contributed by atoms with Crippen LogP contribution in [0, 0.1) is 0 Å². The average Bonchev–Trinajstić information content (AvgIpc) is 2.87. The summed E-state index contributed by atoms with van der Waals surface area (Å²) in [6.45, 7) is -0.639. The van der Waals surface area contributed by atoms with Crippen LogP contribution in [-0.4, -0.2) is 97.2 Å². The third kappa shape index (κ3) is 6.13. The van der Waals surface area contributed by atoms with E-state index in [-0.39, 0.29) is 11.1 Å². The largest absolute Gasteiger partial charge is 0.504 e. The Kier molecular flexibility index (Phi) is 8.29. The van der Waals surface area contributed by atoms with Crippen LogP contribution in [0.2, 0.25) is 0 Å². The van der Waals surface area contributed by atoms with E-state index in [9.17, 15) is 50.4 Å². The maximum Gasteiger partial charge on any atom is 0.338 e. The van der Waals surface area contributed by atoms with E-state index in [1.165, 1.54) is 0 Å². The van der Waals surface area contributed by atoms with Crippen LogP contribution in [0.3, 0.4) is 0 Å². The summed E-state index contributed by atoms with van der Waals surface area (Å²) in [7, 11) is 1.08. The highest BCUT2D eigenvalue weighted by Crippen LogP contribution is 2.39. The number of methoxy groups -OCH3 is 1. The van der Waals surface area contributed by atoms with Crippen molar-refractivity contribution in [3.05, 3.63) is 41.5 Å². The van der Waals surface area contributed by atoms with E-state index in [1.54, 1.807) is 0 Å². The van der Waals surface area contributed by atoms with Gasteiger partial charge >= 0.3 is 11.9 Å². The van der Waals surface area contributed by atoms with Crippen LogP contribution in [0.4, 0.5) is 0 Å². The van der Waals surface area contributed by atoms with Gasteiger partial charge in [-0.2, -0.15) is 0 Å². The van der Waals surface area contributed by atoms with E-state index in [2.05, 4.69) is 4.74 Å². The van der Waals surface area contributed by atoms with Crippen LogP contribution in [0.25, 0.3) is 6.08 Å². The molecule has 0 spiro atoms. The topological polar surface area (TPSA) is 233 Å². The van der Waals surface area contributed by atoms with Gasteiger partial charge < -0.3 is 59.8 Å². The molecule has 1 saturated heterocycles. The molecule has 0 unspecified atom stereocenters. The van der Waals surface area contributed by atoms with Gasteiger partial charge in [0.1, 0.15) is 31.0 Å². The lowest BCUT2D eigenvalue weighted by molar-refractivity contribution is -0.278. The fourth-order valence-electron chi connectivity index (χ4n) is 3.29. The second-order valence-corrected chi connectivity index (χ2v) is 7.84. The van der Waals surface area contributed by atoms with Gasteiger partial charge in [-0.3, -0.25) is 0 Å². The van der Waals surface area contributed by atoms with Crippen molar-refractivity contribution in [1.82, 2.24) is 0 Å². The Labute approximate surface area is 208 Å². The molecule has 0 saturated carbocycles. The summed E-state index contributed by atoms with van der Waals surface area (Å²) in [4.78, 5) is 23.8. The summed E-state index contributed by atoms with van der Waals surface area (Å²) in [6, 6.07) is 4.01. The molecule has 0 aromatic heterocycles. The average molecular weight is 524 g/mol. The quantitative estimate of drug-likeness (QED) is 0.129. The maximum atomic E-state index is 12.1. The highest BCUT2D eigenvalue weighted by molar-refractivity contribution is 5.91. The van der Waals surface area contributed by atoms with Gasteiger partial charge in [0.2, 0.25) is 12.0 Å². The summed E-state index contributed by atoms with van der Waals surface area (Å²) >= 11 is 0. The highest BCUT2D eigenvalue weighted by atomic mass is 16.7. The van der Waals surface area contributed by atoms with Gasteiger partial charge in [0, 0.05) is 6.08 Å². The van der Waals surface area contributed by atoms with E-state index >= 15 is 0 Å². The van der Waals surface area contributed by atoms with E-state index in [0.717, 1.165) is 43.5 Å². The molecule has 1 fully saturated rings. The second kappa shape index (κ2) is 11.2. The van der Waals surface area contributed by atoms with Crippen molar-refractivity contribution in [1.29, 1.82) is 0 Å². The number of esters is 2. The molecule has 200 valence electrons. The van der Waals surface area contributed by atoms with Crippen LogP contribution in [-0.2, 0) is 19.0 Å². The predicted molar refractivity (Wildman–Crippen MR) is 120 cm³/mol. The number of carbonyl (C=O) groups excluding carboxylic acids is 2. The maximum absolute atomic E-state index is 12.1. The zero-order valence-electron chi connectivity index (χ0n) is 19.1. The number of aliphatic hydroxyl groups is 3. The van der Waals surface area contributed by atoms with Gasteiger partial charge in [-0.25, -0.2) is 9.59 Å². The summed E-state index contributed by atoms with van der Waals surface area (Å²) in [6.07, 6.45) is -6.57. The Morgan fingerprint density at radius 3 is 2.14 bits per heavy atom. The molecule has 1 aliphatic heterocycles. The lowest BCUT2D eigenvalue weighted by atomic mass is 9.99. The van der Waals surface area contributed by atoms with Crippen molar-refractivity contribution in [3.63, 3.8) is 0 Å². The Morgan fingerprint density at radius 1 is 0.892 bits per heavy atom. The lowest BCUT2D eigenvalue weighted by Gasteiger charge is -2.39. The number of phenols is 5. The van der Waals surface area contributed by atoms with Crippen molar-refractivity contribution in [2.45, 2.75) is 30.7 Å². The fourth-order valence-corrected chi connectivity index (χ4v) is 3.29. The molecule has 0 radical (unpaired) electrons. The number of hydrogen-bond acceptors (Lipinski definition) is 14. The Hall–Kier alpha value is -4.24. The van der Waals surface area contributed by atoms with Crippen molar-refractivity contribution in [3.8, 4) is 34.5 Å². The van der Waals surface area contributed by atoms with Crippen molar-refractivity contribution >= 4 is 18.0 Å². The molecule has 37 heavy (non-hydrogen) atoms. The molecule has 3 rings (SSSR count). The second-order valence-electron chi connectivity index (χ2n) is 7.84. The standard InChI is InChI=1S/C23H24O14/c1-34-22(33)10-6-13(26)18(29)14(7-10)36-23-21(32)20(31)19(30)15(37-23)8-35-16(27)3-2-9-4-11(24)17(28)12(25)5-9/h2-7,15,19-21,23-26,28-32H,8H2,1H3/b3-2+/t15-,19-,20+,21-,23-/m1/s1. The third-order valence-corrected chi connectivity index (χ3v) is 5.28. The fraction of sp³-hybridized carbons (Fsp3) is 0.304. The first kappa shape index (κ1) is 27.3. The monoisotopic (exact) mass is 524 g/mol. The number of rotatable bonds is 7. The molecule has 5 atom stereocenters. The predicted octanol–water partition coefficient (Wildman–Crippen LogP) is -0.556.